The number of imidazole rings is 1. The third kappa shape index (κ3) is 1.07. The van der Waals surface area contributed by atoms with Gasteiger partial charge in [0.15, 0.2) is 5.88 Å². The average Bonchev–Trinajstić information content (AvgIpc) is 2.94. The molecule has 0 bridgehead atoms. The summed E-state index contributed by atoms with van der Waals surface area (Å²) in [6.45, 7) is 0. The lowest BCUT2D eigenvalue weighted by atomic mass is 10.4. The molecule has 72 valence electrons. The monoisotopic (exact) mass is 252 g/mol. The lowest BCUT2D eigenvalue weighted by Gasteiger charge is -2.01. The maximum atomic E-state index is 9.74. The van der Waals surface area contributed by atoms with Crippen molar-refractivity contribution in [3.8, 4) is 5.88 Å². The largest absolute Gasteiger partial charge is 0.494 e. The first-order chi connectivity index (χ1) is 6.77. The summed E-state index contributed by atoms with van der Waals surface area (Å²) in [6.07, 6.45) is 2.36. The van der Waals surface area contributed by atoms with Crippen molar-refractivity contribution in [2.45, 2.75) is 18.8 Å². The van der Waals surface area contributed by atoms with Gasteiger partial charge >= 0.3 is 0 Å². The fourth-order valence-electron chi connectivity index (χ4n) is 1.72. The molecule has 0 amide bonds. The van der Waals surface area contributed by atoms with E-state index in [0.717, 1.165) is 15.9 Å². The van der Waals surface area contributed by atoms with Gasteiger partial charge in [0.25, 0.3) is 0 Å². The van der Waals surface area contributed by atoms with E-state index in [1.807, 2.05) is 16.5 Å². The van der Waals surface area contributed by atoms with Crippen LogP contribution in [0.1, 0.15) is 24.6 Å². The first-order valence-electron chi connectivity index (χ1n) is 4.63. The van der Waals surface area contributed by atoms with Crippen LogP contribution in [0.4, 0.5) is 0 Å². The van der Waals surface area contributed by atoms with Gasteiger partial charge in [-0.3, -0.25) is 4.40 Å². The molecule has 1 aliphatic carbocycles. The molecule has 14 heavy (non-hydrogen) atoms. The Kier molecular flexibility index (Phi) is 1.62. The zero-order valence-corrected chi connectivity index (χ0v) is 9.03. The van der Waals surface area contributed by atoms with Crippen molar-refractivity contribution in [3.63, 3.8) is 0 Å². The van der Waals surface area contributed by atoms with Crippen molar-refractivity contribution >= 4 is 21.4 Å². The van der Waals surface area contributed by atoms with Crippen LogP contribution in [-0.4, -0.2) is 14.5 Å². The maximum Gasteiger partial charge on any atom is 0.197 e. The highest BCUT2D eigenvalue weighted by Gasteiger charge is 2.29. The summed E-state index contributed by atoms with van der Waals surface area (Å²) in [6, 6.07) is 5.46. The molecule has 1 saturated carbocycles. The molecule has 1 fully saturated rings. The Hall–Kier alpha value is -1.03. The number of aromatic nitrogens is 2. The van der Waals surface area contributed by atoms with Crippen LogP contribution in [0.15, 0.2) is 22.8 Å². The molecular formula is C10H9BrN2O. The zero-order chi connectivity index (χ0) is 9.71. The smallest absolute Gasteiger partial charge is 0.197 e. The Morgan fingerprint density at radius 3 is 2.93 bits per heavy atom. The number of halogens is 1. The van der Waals surface area contributed by atoms with Gasteiger partial charge in [0.1, 0.15) is 10.4 Å². The second kappa shape index (κ2) is 2.73. The van der Waals surface area contributed by atoms with E-state index in [9.17, 15) is 5.11 Å². The van der Waals surface area contributed by atoms with Crippen LogP contribution in [0, 0.1) is 0 Å². The number of pyridine rings is 1. The van der Waals surface area contributed by atoms with Gasteiger partial charge < -0.3 is 5.11 Å². The summed E-state index contributed by atoms with van der Waals surface area (Å²) in [5.41, 5.74) is 0.937. The highest BCUT2D eigenvalue weighted by Crippen LogP contribution is 2.41. The molecule has 3 nitrogen and oxygen atoms in total. The second-order valence-corrected chi connectivity index (χ2v) is 4.39. The summed E-state index contributed by atoms with van der Waals surface area (Å²) in [5, 5.41) is 9.74. The topological polar surface area (TPSA) is 37.5 Å². The van der Waals surface area contributed by atoms with Crippen LogP contribution in [0.2, 0.25) is 0 Å². The van der Waals surface area contributed by atoms with Crippen LogP contribution < -0.4 is 0 Å². The van der Waals surface area contributed by atoms with Gasteiger partial charge in [-0.1, -0.05) is 6.07 Å². The van der Waals surface area contributed by atoms with E-state index in [4.69, 9.17) is 0 Å². The number of nitrogens with zero attached hydrogens (tertiary/aromatic N) is 2. The predicted molar refractivity (Wildman–Crippen MR) is 56.5 cm³/mol. The van der Waals surface area contributed by atoms with Crippen molar-refractivity contribution < 1.29 is 5.11 Å². The molecule has 1 aliphatic rings. The quantitative estimate of drug-likeness (QED) is 0.848. The molecule has 0 unspecified atom stereocenters. The molecule has 2 aromatic rings. The first-order valence-corrected chi connectivity index (χ1v) is 5.42. The molecular weight excluding hydrogens is 244 g/mol. The normalized spacial score (nSPS) is 16.4. The molecule has 3 rings (SSSR count). The number of rotatable bonds is 1. The number of hydrogen-bond donors (Lipinski definition) is 1. The number of fused-ring (bicyclic) bond motifs is 1. The third-order valence-electron chi connectivity index (χ3n) is 2.57. The van der Waals surface area contributed by atoms with Crippen molar-refractivity contribution in [1.82, 2.24) is 9.38 Å². The molecule has 4 heteroatoms. The van der Waals surface area contributed by atoms with Crippen molar-refractivity contribution in [2.75, 3.05) is 0 Å². The van der Waals surface area contributed by atoms with Crippen LogP contribution in [0.5, 0.6) is 5.88 Å². The SMILES string of the molecule is Oc1cccc2c(Br)nc(C3CC3)n12. The van der Waals surface area contributed by atoms with Gasteiger partial charge in [-0.2, -0.15) is 0 Å². The van der Waals surface area contributed by atoms with Crippen molar-refractivity contribution in [1.29, 1.82) is 0 Å². The summed E-state index contributed by atoms with van der Waals surface area (Å²) in [5.74, 6) is 1.77. The predicted octanol–water partition coefficient (Wildman–Crippen LogP) is 2.68. The van der Waals surface area contributed by atoms with Gasteiger partial charge in [-0.25, -0.2) is 4.98 Å². The Morgan fingerprint density at radius 2 is 2.21 bits per heavy atom. The van der Waals surface area contributed by atoms with Gasteiger partial charge in [-0.05, 0) is 40.9 Å². The standard InChI is InChI=1S/C10H9BrN2O/c11-9-7-2-1-3-8(14)13(7)10(12-9)6-4-5-6/h1-3,6,14H,4-5H2. The minimum atomic E-state index is 0.266. The summed E-state index contributed by atoms with van der Waals surface area (Å²) < 4.78 is 2.64. The molecule has 2 heterocycles. The van der Waals surface area contributed by atoms with E-state index in [2.05, 4.69) is 20.9 Å². The minimum absolute atomic E-state index is 0.266. The Balaban J connectivity index is 2.39. The molecule has 0 saturated heterocycles. The highest BCUT2D eigenvalue weighted by molar-refractivity contribution is 9.10. The van der Waals surface area contributed by atoms with Crippen LogP contribution >= 0.6 is 15.9 Å². The zero-order valence-electron chi connectivity index (χ0n) is 7.44. The lowest BCUT2D eigenvalue weighted by molar-refractivity contribution is 0.443. The van der Waals surface area contributed by atoms with Crippen LogP contribution in [0.3, 0.4) is 0 Å². The summed E-state index contributed by atoms with van der Waals surface area (Å²) in [4.78, 5) is 4.43. The number of hydrogen-bond acceptors (Lipinski definition) is 2. The lowest BCUT2D eigenvalue weighted by Crippen LogP contribution is -1.92. The molecule has 0 spiro atoms. The van der Waals surface area contributed by atoms with Crippen LogP contribution in [0.25, 0.3) is 5.52 Å². The molecule has 0 aliphatic heterocycles. The summed E-state index contributed by atoms with van der Waals surface area (Å²) in [7, 11) is 0. The Bertz CT molecular complexity index is 502. The molecule has 2 aromatic heterocycles. The Labute approximate surface area is 89.5 Å². The van der Waals surface area contributed by atoms with Crippen LogP contribution in [-0.2, 0) is 0 Å². The minimum Gasteiger partial charge on any atom is -0.494 e. The highest BCUT2D eigenvalue weighted by atomic mass is 79.9. The molecule has 0 aromatic carbocycles. The van der Waals surface area contributed by atoms with Gasteiger partial charge in [0.05, 0.1) is 5.52 Å². The molecule has 0 atom stereocenters. The maximum absolute atomic E-state index is 9.74. The van der Waals surface area contributed by atoms with E-state index in [1.54, 1.807) is 6.07 Å². The van der Waals surface area contributed by atoms with E-state index in [0.29, 0.717) is 5.92 Å². The van der Waals surface area contributed by atoms with Crippen molar-refractivity contribution in [3.05, 3.63) is 28.6 Å². The average molecular weight is 253 g/mol. The number of aromatic hydroxyl groups is 1. The Morgan fingerprint density at radius 1 is 1.43 bits per heavy atom. The molecule has 0 radical (unpaired) electrons. The fourth-order valence-corrected chi connectivity index (χ4v) is 2.21. The van der Waals surface area contributed by atoms with Crippen molar-refractivity contribution in [2.24, 2.45) is 0 Å². The van der Waals surface area contributed by atoms with E-state index >= 15 is 0 Å². The van der Waals surface area contributed by atoms with E-state index < -0.39 is 0 Å². The van der Waals surface area contributed by atoms with E-state index in [1.165, 1.54) is 12.8 Å². The third-order valence-corrected chi connectivity index (χ3v) is 3.15. The van der Waals surface area contributed by atoms with Gasteiger partial charge in [0.2, 0.25) is 0 Å². The molecule has 1 N–H and O–H groups in total. The first kappa shape index (κ1) is 8.29. The second-order valence-electron chi connectivity index (χ2n) is 3.64. The van der Waals surface area contributed by atoms with E-state index in [-0.39, 0.29) is 5.88 Å². The summed E-state index contributed by atoms with van der Waals surface area (Å²) >= 11 is 3.40. The van der Waals surface area contributed by atoms with Gasteiger partial charge in [0, 0.05) is 5.92 Å². The fraction of sp³-hybridized carbons (Fsp3) is 0.300. The van der Waals surface area contributed by atoms with Gasteiger partial charge in [-0.15, -0.1) is 0 Å².